The van der Waals surface area contributed by atoms with Crippen molar-refractivity contribution < 1.29 is 9.47 Å². The number of ether oxygens (including phenoxy) is 2. The SMILES string of the molecule is CC(OC1CCCCO1)c1ccc(Cc2nccc3ccccc23)cc1. The Morgan fingerprint density at radius 2 is 1.92 bits per heavy atom. The molecule has 134 valence electrons. The quantitative estimate of drug-likeness (QED) is 0.617. The molecule has 26 heavy (non-hydrogen) atoms. The van der Waals surface area contributed by atoms with E-state index in [0.29, 0.717) is 0 Å². The molecular weight excluding hydrogens is 322 g/mol. The molecule has 0 N–H and O–H groups in total. The van der Waals surface area contributed by atoms with Gasteiger partial charge in [0, 0.05) is 24.6 Å². The van der Waals surface area contributed by atoms with E-state index in [1.165, 1.54) is 28.3 Å². The van der Waals surface area contributed by atoms with Gasteiger partial charge < -0.3 is 9.47 Å². The van der Waals surface area contributed by atoms with Gasteiger partial charge in [-0.15, -0.1) is 0 Å². The molecule has 0 amide bonds. The molecule has 1 aromatic heterocycles. The summed E-state index contributed by atoms with van der Waals surface area (Å²) in [5.41, 5.74) is 3.57. The highest BCUT2D eigenvalue weighted by atomic mass is 16.7. The van der Waals surface area contributed by atoms with Crippen LogP contribution < -0.4 is 0 Å². The number of nitrogens with zero attached hydrogens (tertiary/aromatic N) is 1. The first-order valence-corrected chi connectivity index (χ1v) is 9.48. The molecule has 0 radical (unpaired) electrons. The smallest absolute Gasteiger partial charge is 0.158 e. The van der Waals surface area contributed by atoms with E-state index in [2.05, 4.69) is 66.5 Å². The van der Waals surface area contributed by atoms with Crippen LogP contribution in [0.4, 0.5) is 0 Å². The van der Waals surface area contributed by atoms with Crippen LogP contribution in [-0.2, 0) is 15.9 Å². The maximum atomic E-state index is 6.06. The van der Waals surface area contributed by atoms with Crippen LogP contribution in [0.5, 0.6) is 0 Å². The van der Waals surface area contributed by atoms with Crippen molar-refractivity contribution in [3.63, 3.8) is 0 Å². The summed E-state index contributed by atoms with van der Waals surface area (Å²) in [6.45, 7) is 2.91. The summed E-state index contributed by atoms with van der Waals surface area (Å²) in [6, 6.07) is 19.2. The number of pyridine rings is 1. The molecule has 4 rings (SSSR count). The van der Waals surface area contributed by atoms with Crippen LogP contribution in [0.25, 0.3) is 10.8 Å². The summed E-state index contributed by atoms with van der Waals surface area (Å²) in [6.07, 6.45) is 6.05. The Labute approximate surface area is 155 Å². The molecule has 0 spiro atoms. The van der Waals surface area contributed by atoms with E-state index in [4.69, 9.17) is 9.47 Å². The van der Waals surface area contributed by atoms with Crippen LogP contribution in [0.15, 0.2) is 60.8 Å². The monoisotopic (exact) mass is 347 g/mol. The van der Waals surface area contributed by atoms with Crippen LogP contribution in [0, 0.1) is 0 Å². The van der Waals surface area contributed by atoms with Gasteiger partial charge in [-0.1, -0.05) is 48.5 Å². The molecule has 2 atom stereocenters. The van der Waals surface area contributed by atoms with Crippen molar-refractivity contribution in [2.75, 3.05) is 6.61 Å². The number of fused-ring (bicyclic) bond motifs is 1. The molecule has 3 heteroatoms. The average molecular weight is 347 g/mol. The summed E-state index contributed by atoms with van der Waals surface area (Å²) in [4.78, 5) is 4.60. The zero-order chi connectivity index (χ0) is 17.8. The highest BCUT2D eigenvalue weighted by molar-refractivity contribution is 5.84. The summed E-state index contributed by atoms with van der Waals surface area (Å²) >= 11 is 0. The second-order valence-corrected chi connectivity index (χ2v) is 6.97. The highest BCUT2D eigenvalue weighted by Crippen LogP contribution is 2.25. The molecule has 1 aliphatic heterocycles. The maximum absolute atomic E-state index is 6.06. The van der Waals surface area contributed by atoms with Crippen molar-refractivity contribution in [1.82, 2.24) is 4.98 Å². The second kappa shape index (κ2) is 7.98. The third-order valence-corrected chi connectivity index (χ3v) is 5.07. The zero-order valence-corrected chi connectivity index (χ0v) is 15.2. The van der Waals surface area contributed by atoms with Crippen molar-refractivity contribution >= 4 is 10.8 Å². The molecule has 1 fully saturated rings. The zero-order valence-electron chi connectivity index (χ0n) is 15.2. The molecule has 3 nitrogen and oxygen atoms in total. The standard InChI is InChI=1S/C23H25NO2/c1-17(26-23-8-4-5-15-25-23)19-11-9-18(10-12-19)16-22-21-7-3-2-6-20(21)13-14-24-22/h2-3,6-7,9-14,17,23H,4-5,8,15-16H2,1H3. The molecule has 1 aliphatic rings. The van der Waals surface area contributed by atoms with Gasteiger partial charge in [-0.2, -0.15) is 0 Å². The Morgan fingerprint density at radius 1 is 1.08 bits per heavy atom. The second-order valence-electron chi connectivity index (χ2n) is 6.97. The van der Waals surface area contributed by atoms with Crippen LogP contribution in [-0.4, -0.2) is 17.9 Å². The lowest BCUT2D eigenvalue weighted by molar-refractivity contribution is -0.186. The van der Waals surface area contributed by atoms with E-state index in [1.807, 2.05) is 6.20 Å². The number of hydrogen-bond donors (Lipinski definition) is 0. The van der Waals surface area contributed by atoms with E-state index >= 15 is 0 Å². The minimum absolute atomic E-state index is 0.0443. The van der Waals surface area contributed by atoms with Crippen molar-refractivity contribution in [3.8, 4) is 0 Å². The van der Waals surface area contributed by atoms with Crippen molar-refractivity contribution in [3.05, 3.63) is 77.6 Å². The predicted octanol–water partition coefficient (Wildman–Crippen LogP) is 5.43. The van der Waals surface area contributed by atoms with Crippen LogP contribution in [0.2, 0.25) is 0 Å². The Morgan fingerprint density at radius 3 is 2.73 bits per heavy atom. The Kier molecular flexibility index (Phi) is 5.28. The summed E-state index contributed by atoms with van der Waals surface area (Å²) in [5.74, 6) is 0. The fourth-order valence-electron chi connectivity index (χ4n) is 3.55. The van der Waals surface area contributed by atoms with Crippen molar-refractivity contribution in [1.29, 1.82) is 0 Å². The first-order valence-electron chi connectivity index (χ1n) is 9.48. The third-order valence-electron chi connectivity index (χ3n) is 5.07. The topological polar surface area (TPSA) is 31.4 Å². The number of hydrogen-bond acceptors (Lipinski definition) is 3. The lowest BCUT2D eigenvalue weighted by atomic mass is 10.0. The Balaban J connectivity index is 1.45. The minimum atomic E-state index is -0.0571. The summed E-state index contributed by atoms with van der Waals surface area (Å²) < 4.78 is 11.7. The molecule has 3 aromatic rings. The predicted molar refractivity (Wildman–Crippen MR) is 104 cm³/mol. The maximum Gasteiger partial charge on any atom is 0.158 e. The highest BCUT2D eigenvalue weighted by Gasteiger charge is 2.18. The van der Waals surface area contributed by atoms with Gasteiger partial charge in [0.2, 0.25) is 0 Å². The number of rotatable bonds is 5. The molecule has 1 saturated heterocycles. The molecule has 2 aromatic carbocycles. The molecule has 2 unspecified atom stereocenters. The molecular formula is C23H25NO2. The molecule has 0 saturated carbocycles. The van der Waals surface area contributed by atoms with Gasteiger partial charge in [0.05, 0.1) is 11.8 Å². The third kappa shape index (κ3) is 3.95. The van der Waals surface area contributed by atoms with Crippen LogP contribution in [0.3, 0.4) is 0 Å². The molecule has 0 bridgehead atoms. The fraction of sp³-hybridized carbons (Fsp3) is 0.348. The van der Waals surface area contributed by atoms with Gasteiger partial charge in [0.1, 0.15) is 0 Å². The van der Waals surface area contributed by atoms with E-state index in [9.17, 15) is 0 Å². The minimum Gasteiger partial charge on any atom is -0.353 e. The molecule has 0 aliphatic carbocycles. The van der Waals surface area contributed by atoms with Gasteiger partial charge in [0.15, 0.2) is 6.29 Å². The molecule has 2 heterocycles. The normalized spacial score (nSPS) is 18.7. The Bertz CT molecular complexity index is 848. The van der Waals surface area contributed by atoms with Gasteiger partial charge in [-0.05, 0) is 48.8 Å². The van der Waals surface area contributed by atoms with Gasteiger partial charge >= 0.3 is 0 Å². The summed E-state index contributed by atoms with van der Waals surface area (Å²) in [7, 11) is 0. The van der Waals surface area contributed by atoms with E-state index < -0.39 is 0 Å². The van der Waals surface area contributed by atoms with Gasteiger partial charge in [0.25, 0.3) is 0 Å². The van der Waals surface area contributed by atoms with Crippen LogP contribution >= 0.6 is 0 Å². The van der Waals surface area contributed by atoms with Gasteiger partial charge in [-0.25, -0.2) is 0 Å². The number of aromatic nitrogens is 1. The van der Waals surface area contributed by atoms with Crippen molar-refractivity contribution in [2.24, 2.45) is 0 Å². The van der Waals surface area contributed by atoms with E-state index in [1.54, 1.807) is 0 Å². The lowest BCUT2D eigenvalue weighted by Gasteiger charge is -2.26. The lowest BCUT2D eigenvalue weighted by Crippen LogP contribution is -2.23. The van der Waals surface area contributed by atoms with Gasteiger partial charge in [-0.3, -0.25) is 4.98 Å². The average Bonchev–Trinajstić information content (AvgIpc) is 2.70. The number of benzene rings is 2. The Hall–Kier alpha value is -2.23. The first-order chi connectivity index (χ1) is 12.8. The first kappa shape index (κ1) is 17.2. The van der Waals surface area contributed by atoms with Crippen LogP contribution in [0.1, 0.15) is 49.1 Å². The van der Waals surface area contributed by atoms with E-state index in [0.717, 1.165) is 31.6 Å². The summed E-state index contributed by atoms with van der Waals surface area (Å²) in [5, 5.41) is 2.47. The fourth-order valence-corrected chi connectivity index (χ4v) is 3.55. The van der Waals surface area contributed by atoms with Crippen molar-refractivity contribution in [2.45, 2.75) is 45.0 Å². The largest absolute Gasteiger partial charge is 0.353 e. The van der Waals surface area contributed by atoms with E-state index in [-0.39, 0.29) is 12.4 Å².